The van der Waals surface area contributed by atoms with Gasteiger partial charge in [0.1, 0.15) is 0 Å². The van der Waals surface area contributed by atoms with E-state index in [1.807, 2.05) is 0 Å². The van der Waals surface area contributed by atoms with Crippen LogP contribution in [0.25, 0.3) is 0 Å². The molecule has 1 saturated carbocycles. The molecule has 1 N–H and O–H groups in total. The number of benzene rings is 1. The highest BCUT2D eigenvalue weighted by Crippen LogP contribution is 2.54. The van der Waals surface area contributed by atoms with Crippen molar-refractivity contribution in [1.82, 2.24) is 5.32 Å². The van der Waals surface area contributed by atoms with Gasteiger partial charge < -0.3 is 5.32 Å². The summed E-state index contributed by atoms with van der Waals surface area (Å²) in [5.41, 5.74) is 2.26. The molecule has 0 amide bonds. The summed E-state index contributed by atoms with van der Waals surface area (Å²) < 4.78 is 1.19. The first-order chi connectivity index (χ1) is 8.37. The molecule has 1 aromatic carbocycles. The quantitative estimate of drug-likeness (QED) is 0.874. The van der Waals surface area contributed by atoms with E-state index in [2.05, 4.69) is 73.3 Å². The Kier molecular flexibility index (Phi) is 3.89. The Balaban J connectivity index is 2.21. The summed E-state index contributed by atoms with van der Waals surface area (Å²) in [6.07, 6.45) is 2.60. The molecular formula is C16H24BrN. The highest BCUT2D eigenvalue weighted by Gasteiger charge is 2.48. The molecular weight excluding hydrogens is 286 g/mol. The Morgan fingerprint density at radius 2 is 2.00 bits per heavy atom. The van der Waals surface area contributed by atoms with Crippen molar-refractivity contribution in [2.24, 2.45) is 11.3 Å². The minimum absolute atomic E-state index is 0.344. The molecule has 1 aliphatic carbocycles. The van der Waals surface area contributed by atoms with Crippen molar-refractivity contribution >= 4 is 15.9 Å². The van der Waals surface area contributed by atoms with Crippen LogP contribution in [-0.2, 0) is 5.41 Å². The highest BCUT2D eigenvalue weighted by molar-refractivity contribution is 9.10. The molecule has 1 aromatic rings. The van der Waals surface area contributed by atoms with Crippen LogP contribution in [0.5, 0.6) is 0 Å². The maximum absolute atomic E-state index is 3.59. The van der Waals surface area contributed by atoms with E-state index in [1.54, 1.807) is 0 Å². The average molecular weight is 310 g/mol. The molecule has 0 heterocycles. The van der Waals surface area contributed by atoms with Gasteiger partial charge in [-0.15, -0.1) is 0 Å². The van der Waals surface area contributed by atoms with Gasteiger partial charge in [0.25, 0.3) is 0 Å². The first kappa shape index (κ1) is 14.1. The molecule has 0 spiro atoms. The Hall–Kier alpha value is -0.340. The lowest BCUT2D eigenvalue weighted by molar-refractivity contribution is 0.0460. The fourth-order valence-corrected chi connectivity index (χ4v) is 3.53. The third kappa shape index (κ3) is 2.65. The van der Waals surface area contributed by atoms with Crippen molar-refractivity contribution in [2.45, 2.75) is 39.0 Å². The summed E-state index contributed by atoms with van der Waals surface area (Å²) in [4.78, 5) is 0. The molecule has 0 aromatic heterocycles. The van der Waals surface area contributed by atoms with E-state index in [4.69, 9.17) is 0 Å². The second-order valence-electron chi connectivity index (χ2n) is 6.79. The minimum Gasteiger partial charge on any atom is -0.319 e. The van der Waals surface area contributed by atoms with Crippen LogP contribution in [0.4, 0.5) is 0 Å². The van der Waals surface area contributed by atoms with Gasteiger partial charge in [-0.3, -0.25) is 0 Å². The molecule has 18 heavy (non-hydrogen) atoms. The van der Waals surface area contributed by atoms with Gasteiger partial charge in [0.05, 0.1) is 0 Å². The molecule has 0 bridgehead atoms. The first-order valence-electron chi connectivity index (χ1n) is 6.78. The molecule has 1 nitrogen and oxygen atoms in total. The zero-order chi connectivity index (χ0) is 13.4. The zero-order valence-corrected chi connectivity index (χ0v) is 13.5. The zero-order valence-electron chi connectivity index (χ0n) is 11.9. The number of hydrogen-bond acceptors (Lipinski definition) is 1. The Morgan fingerprint density at radius 1 is 1.33 bits per heavy atom. The van der Waals surface area contributed by atoms with Gasteiger partial charge in [-0.2, -0.15) is 0 Å². The van der Waals surface area contributed by atoms with Gasteiger partial charge in [-0.1, -0.05) is 48.8 Å². The van der Waals surface area contributed by atoms with E-state index in [0.29, 0.717) is 10.8 Å². The monoisotopic (exact) mass is 309 g/mol. The number of nitrogens with one attached hydrogen (secondary N) is 1. The summed E-state index contributed by atoms with van der Waals surface area (Å²) in [7, 11) is 2.06. The smallest absolute Gasteiger partial charge is 0.0178 e. The number of hydrogen-bond donors (Lipinski definition) is 1. The number of halogens is 1. The second kappa shape index (κ2) is 4.97. The topological polar surface area (TPSA) is 12.0 Å². The molecule has 0 unspecified atom stereocenters. The Labute approximate surface area is 119 Å². The predicted molar refractivity (Wildman–Crippen MR) is 81.9 cm³/mol. The maximum atomic E-state index is 3.59. The molecule has 1 fully saturated rings. The van der Waals surface area contributed by atoms with Crippen LogP contribution in [0, 0.1) is 11.3 Å². The number of likely N-dealkylation sites (N-methyl/N-ethyl adjacent to an activating group) is 1. The molecule has 2 rings (SSSR count). The van der Waals surface area contributed by atoms with E-state index >= 15 is 0 Å². The van der Waals surface area contributed by atoms with Crippen LogP contribution in [0.3, 0.4) is 0 Å². The molecule has 100 valence electrons. The summed E-state index contributed by atoms with van der Waals surface area (Å²) in [5.74, 6) is 0.838. The third-order valence-electron chi connectivity index (χ3n) is 4.45. The Morgan fingerprint density at radius 3 is 2.50 bits per heavy atom. The average Bonchev–Trinajstić information content (AvgIpc) is 2.21. The van der Waals surface area contributed by atoms with E-state index in [-0.39, 0.29) is 0 Å². The molecule has 1 aliphatic rings. The second-order valence-corrected chi connectivity index (χ2v) is 7.71. The summed E-state index contributed by atoms with van der Waals surface area (Å²) in [6, 6.07) is 8.83. The normalized spacial score (nSPS) is 27.9. The molecule has 0 atom stereocenters. The largest absolute Gasteiger partial charge is 0.319 e. The van der Waals surface area contributed by atoms with E-state index < -0.39 is 0 Å². The van der Waals surface area contributed by atoms with Crippen molar-refractivity contribution in [3.05, 3.63) is 34.3 Å². The van der Waals surface area contributed by atoms with Gasteiger partial charge in [-0.05, 0) is 48.9 Å². The van der Waals surface area contributed by atoms with Gasteiger partial charge >= 0.3 is 0 Å². The van der Waals surface area contributed by atoms with E-state index in [1.165, 1.54) is 22.9 Å². The van der Waals surface area contributed by atoms with Gasteiger partial charge in [0, 0.05) is 16.4 Å². The lowest BCUT2D eigenvalue weighted by Gasteiger charge is -2.53. The summed E-state index contributed by atoms with van der Waals surface area (Å²) in [6.45, 7) is 8.17. The van der Waals surface area contributed by atoms with Crippen LogP contribution < -0.4 is 5.32 Å². The van der Waals surface area contributed by atoms with Crippen molar-refractivity contribution in [3.8, 4) is 0 Å². The number of rotatable bonds is 3. The lowest BCUT2D eigenvalue weighted by Crippen LogP contribution is -2.51. The van der Waals surface area contributed by atoms with Crippen molar-refractivity contribution in [1.29, 1.82) is 0 Å². The minimum atomic E-state index is 0.344. The summed E-state index contributed by atoms with van der Waals surface area (Å²) in [5, 5.41) is 3.39. The van der Waals surface area contributed by atoms with Crippen molar-refractivity contribution in [3.63, 3.8) is 0 Å². The standard InChI is InChI=1S/C16H24BrN/c1-15(2,3)13-9-16(10-13,11-18-4)12-6-5-7-14(17)8-12/h5-8,13,18H,9-11H2,1-4H3. The third-order valence-corrected chi connectivity index (χ3v) is 4.94. The van der Waals surface area contributed by atoms with E-state index in [0.717, 1.165) is 12.5 Å². The van der Waals surface area contributed by atoms with Gasteiger partial charge in [0.2, 0.25) is 0 Å². The van der Waals surface area contributed by atoms with Crippen LogP contribution in [0.2, 0.25) is 0 Å². The molecule has 2 heteroatoms. The Bertz CT molecular complexity index is 413. The van der Waals surface area contributed by atoms with E-state index in [9.17, 15) is 0 Å². The fourth-order valence-electron chi connectivity index (χ4n) is 3.13. The van der Waals surface area contributed by atoms with Crippen molar-refractivity contribution in [2.75, 3.05) is 13.6 Å². The molecule has 0 aliphatic heterocycles. The fraction of sp³-hybridized carbons (Fsp3) is 0.625. The first-order valence-corrected chi connectivity index (χ1v) is 7.57. The SMILES string of the molecule is CNCC1(c2cccc(Br)c2)CC(C(C)(C)C)C1. The van der Waals surface area contributed by atoms with Gasteiger partial charge in [0.15, 0.2) is 0 Å². The maximum Gasteiger partial charge on any atom is 0.0178 e. The van der Waals surface area contributed by atoms with Crippen molar-refractivity contribution < 1.29 is 0 Å². The van der Waals surface area contributed by atoms with Crippen LogP contribution in [0.1, 0.15) is 39.2 Å². The van der Waals surface area contributed by atoms with Crippen LogP contribution >= 0.6 is 15.9 Å². The predicted octanol–water partition coefficient (Wildman–Crippen LogP) is 4.36. The van der Waals surface area contributed by atoms with Gasteiger partial charge in [-0.25, -0.2) is 0 Å². The highest BCUT2D eigenvalue weighted by atomic mass is 79.9. The van der Waals surface area contributed by atoms with Crippen LogP contribution in [0.15, 0.2) is 28.7 Å². The lowest BCUT2D eigenvalue weighted by atomic mass is 9.52. The summed E-state index contributed by atoms with van der Waals surface area (Å²) >= 11 is 3.59. The van der Waals surface area contributed by atoms with Crippen LogP contribution in [-0.4, -0.2) is 13.6 Å². The molecule has 0 radical (unpaired) electrons. The molecule has 0 saturated heterocycles.